The number of benzene rings is 2. The number of aryl methyl sites for hydroxylation is 2. The molecular weight excluding hydrogens is 250 g/mol. The molecular formula is C17H15NS. The molecule has 1 aliphatic carbocycles. The standard InChI is InChI=1S/C17H15NS/c1-12-8-14-10-17(11-18,16(14)9-13(12)2)19-15-6-4-3-5-7-15/h3-9H,10H2,1-2H3. The zero-order valence-corrected chi connectivity index (χ0v) is 11.9. The van der Waals surface area contributed by atoms with Gasteiger partial charge in [-0.1, -0.05) is 42.1 Å². The first-order chi connectivity index (χ1) is 9.14. The van der Waals surface area contributed by atoms with Crippen LogP contribution in [0.25, 0.3) is 0 Å². The third-order valence-corrected chi connectivity index (χ3v) is 5.12. The predicted molar refractivity (Wildman–Crippen MR) is 79.2 cm³/mol. The van der Waals surface area contributed by atoms with E-state index in [4.69, 9.17) is 0 Å². The summed E-state index contributed by atoms with van der Waals surface area (Å²) in [6.45, 7) is 4.25. The molecule has 2 aromatic rings. The fraction of sp³-hybridized carbons (Fsp3) is 0.235. The van der Waals surface area contributed by atoms with E-state index in [0.29, 0.717) is 0 Å². The maximum Gasteiger partial charge on any atom is 0.136 e. The number of nitriles is 1. The van der Waals surface area contributed by atoms with E-state index in [9.17, 15) is 5.26 Å². The van der Waals surface area contributed by atoms with Gasteiger partial charge < -0.3 is 0 Å². The van der Waals surface area contributed by atoms with Crippen LogP contribution in [0.1, 0.15) is 22.3 Å². The normalized spacial score (nSPS) is 20.3. The number of fused-ring (bicyclic) bond motifs is 1. The van der Waals surface area contributed by atoms with Crippen molar-refractivity contribution in [2.24, 2.45) is 0 Å². The molecule has 3 rings (SSSR count). The summed E-state index contributed by atoms with van der Waals surface area (Å²) < 4.78 is -0.394. The van der Waals surface area contributed by atoms with Crippen molar-refractivity contribution >= 4 is 11.8 Å². The van der Waals surface area contributed by atoms with Gasteiger partial charge in [-0.05, 0) is 48.2 Å². The molecule has 94 valence electrons. The van der Waals surface area contributed by atoms with E-state index in [1.54, 1.807) is 11.8 Å². The van der Waals surface area contributed by atoms with Crippen LogP contribution in [0.15, 0.2) is 47.4 Å². The van der Waals surface area contributed by atoms with Crippen LogP contribution in [0, 0.1) is 25.2 Å². The molecule has 0 fully saturated rings. The second-order valence-electron chi connectivity index (χ2n) is 5.12. The number of nitrogens with zero attached hydrogens (tertiary/aromatic N) is 1. The summed E-state index contributed by atoms with van der Waals surface area (Å²) in [7, 11) is 0. The lowest BCUT2D eigenvalue weighted by Gasteiger charge is -2.38. The first kappa shape index (κ1) is 12.3. The topological polar surface area (TPSA) is 23.8 Å². The molecule has 0 heterocycles. The maximum absolute atomic E-state index is 9.63. The molecule has 0 aliphatic heterocycles. The molecule has 19 heavy (non-hydrogen) atoms. The maximum atomic E-state index is 9.63. The van der Waals surface area contributed by atoms with Crippen molar-refractivity contribution in [1.29, 1.82) is 5.26 Å². The van der Waals surface area contributed by atoms with Crippen LogP contribution in [0.2, 0.25) is 0 Å². The third kappa shape index (κ3) is 1.95. The van der Waals surface area contributed by atoms with Crippen LogP contribution in [0.3, 0.4) is 0 Å². The van der Waals surface area contributed by atoms with E-state index in [-0.39, 0.29) is 0 Å². The van der Waals surface area contributed by atoms with Gasteiger partial charge in [-0.2, -0.15) is 5.26 Å². The number of rotatable bonds is 2. The van der Waals surface area contributed by atoms with Gasteiger partial charge in [-0.25, -0.2) is 0 Å². The minimum Gasteiger partial charge on any atom is -0.196 e. The van der Waals surface area contributed by atoms with Crippen LogP contribution in [-0.4, -0.2) is 0 Å². The largest absolute Gasteiger partial charge is 0.196 e. The lowest BCUT2D eigenvalue weighted by molar-refractivity contribution is 0.678. The van der Waals surface area contributed by atoms with Gasteiger partial charge in [0, 0.05) is 11.3 Å². The molecule has 0 aromatic heterocycles. The molecule has 1 unspecified atom stereocenters. The molecule has 2 heteroatoms. The Morgan fingerprint density at radius 2 is 1.79 bits per heavy atom. The summed E-state index contributed by atoms with van der Waals surface area (Å²) in [6, 6.07) is 17.1. The molecule has 0 radical (unpaired) electrons. The summed E-state index contributed by atoms with van der Waals surface area (Å²) in [6.07, 6.45) is 0.847. The van der Waals surface area contributed by atoms with Crippen LogP contribution in [0.4, 0.5) is 0 Å². The summed E-state index contributed by atoms with van der Waals surface area (Å²) in [5.41, 5.74) is 5.11. The minimum absolute atomic E-state index is 0.394. The highest BCUT2D eigenvalue weighted by molar-refractivity contribution is 8.00. The minimum atomic E-state index is -0.394. The number of hydrogen-bond donors (Lipinski definition) is 0. The van der Waals surface area contributed by atoms with E-state index in [1.807, 2.05) is 18.2 Å². The second kappa shape index (κ2) is 4.43. The van der Waals surface area contributed by atoms with Crippen molar-refractivity contribution in [2.45, 2.75) is 29.9 Å². The highest BCUT2D eigenvalue weighted by atomic mass is 32.2. The van der Waals surface area contributed by atoms with Crippen LogP contribution in [0.5, 0.6) is 0 Å². The molecule has 0 amide bonds. The molecule has 0 saturated carbocycles. The van der Waals surface area contributed by atoms with Crippen molar-refractivity contribution in [3.05, 3.63) is 64.7 Å². The van der Waals surface area contributed by atoms with Crippen molar-refractivity contribution in [1.82, 2.24) is 0 Å². The zero-order valence-electron chi connectivity index (χ0n) is 11.1. The highest BCUT2D eigenvalue weighted by Gasteiger charge is 2.44. The van der Waals surface area contributed by atoms with Gasteiger partial charge in [0.15, 0.2) is 0 Å². The third-order valence-electron chi connectivity index (χ3n) is 3.81. The second-order valence-corrected chi connectivity index (χ2v) is 6.50. The summed E-state index contributed by atoms with van der Waals surface area (Å²) in [4.78, 5) is 1.16. The Balaban J connectivity index is 1.99. The molecule has 0 saturated heterocycles. The van der Waals surface area contributed by atoms with Crippen molar-refractivity contribution < 1.29 is 0 Å². The van der Waals surface area contributed by atoms with Crippen LogP contribution in [-0.2, 0) is 11.2 Å². The van der Waals surface area contributed by atoms with Gasteiger partial charge in [-0.15, -0.1) is 0 Å². The van der Waals surface area contributed by atoms with E-state index in [0.717, 1.165) is 11.3 Å². The monoisotopic (exact) mass is 265 g/mol. The quantitative estimate of drug-likeness (QED) is 0.805. The van der Waals surface area contributed by atoms with Gasteiger partial charge in [0.25, 0.3) is 0 Å². The average Bonchev–Trinajstić information content (AvgIpc) is 2.42. The SMILES string of the molecule is Cc1cc2c(cc1C)C(C#N)(Sc1ccccc1)C2. The lowest BCUT2D eigenvalue weighted by Crippen LogP contribution is -2.34. The first-order valence-electron chi connectivity index (χ1n) is 6.40. The lowest BCUT2D eigenvalue weighted by atomic mass is 9.76. The number of thioether (sulfide) groups is 1. The smallest absolute Gasteiger partial charge is 0.136 e. The predicted octanol–water partition coefficient (Wildman–Crippen LogP) is 4.37. The number of hydrogen-bond acceptors (Lipinski definition) is 2. The van der Waals surface area contributed by atoms with Crippen LogP contribution >= 0.6 is 11.8 Å². The summed E-state index contributed by atoms with van der Waals surface area (Å²) in [5, 5.41) is 9.63. The van der Waals surface area contributed by atoms with Gasteiger partial charge in [0.05, 0.1) is 6.07 Å². The fourth-order valence-electron chi connectivity index (χ4n) is 2.56. The first-order valence-corrected chi connectivity index (χ1v) is 7.22. The summed E-state index contributed by atoms with van der Waals surface area (Å²) >= 11 is 1.67. The summed E-state index contributed by atoms with van der Waals surface area (Å²) in [5.74, 6) is 0. The fourth-order valence-corrected chi connectivity index (χ4v) is 3.83. The Labute approximate surface area is 118 Å². The van der Waals surface area contributed by atoms with Crippen molar-refractivity contribution in [2.75, 3.05) is 0 Å². The van der Waals surface area contributed by atoms with E-state index < -0.39 is 4.75 Å². The molecule has 1 nitrogen and oxygen atoms in total. The van der Waals surface area contributed by atoms with Gasteiger partial charge in [0.2, 0.25) is 0 Å². The molecule has 1 aliphatic rings. The molecule has 2 aromatic carbocycles. The average molecular weight is 265 g/mol. The van der Waals surface area contributed by atoms with Gasteiger partial charge in [-0.3, -0.25) is 0 Å². The van der Waals surface area contributed by atoms with Crippen molar-refractivity contribution in [3.8, 4) is 6.07 Å². The van der Waals surface area contributed by atoms with Gasteiger partial charge in [0.1, 0.15) is 4.75 Å². The molecule has 0 N–H and O–H groups in total. The van der Waals surface area contributed by atoms with Gasteiger partial charge >= 0.3 is 0 Å². The Morgan fingerprint density at radius 3 is 2.47 bits per heavy atom. The van der Waals surface area contributed by atoms with E-state index in [1.165, 1.54) is 22.3 Å². The molecule has 1 atom stereocenters. The highest BCUT2D eigenvalue weighted by Crippen LogP contribution is 2.52. The van der Waals surface area contributed by atoms with Crippen molar-refractivity contribution in [3.63, 3.8) is 0 Å². The Bertz CT molecular complexity index is 670. The van der Waals surface area contributed by atoms with Crippen LogP contribution < -0.4 is 0 Å². The van der Waals surface area contributed by atoms with E-state index >= 15 is 0 Å². The Kier molecular flexibility index (Phi) is 2.88. The molecule has 0 bridgehead atoms. The zero-order chi connectivity index (χ0) is 13.5. The van der Waals surface area contributed by atoms with E-state index in [2.05, 4.69) is 44.2 Å². The molecule has 0 spiro atoms. The Hall–Kier alpha value is -1.72. The Morgan fingerprint density at radius 1 is 1.11 bits per heavy atom.